The Balaban J connectivity index is 1.08. The van der Waals surface area contributed by atoms with Crippen molar-refractivity contribution in [2.45, 2.75) is 0 Å². The number of anilines is 2. The maximum absolute atomic E-state index is 6.40. The Morgan fingerprint density at radius 2 is 0.526 bits per heavy atom. The van der Waals surface area contributed by atoms with Crippen molar-refractivity contribution < 1.29 is 8.83 Å². The van der Waals surface area contributed by atoms with Crippen molar-refractivity contribution >= 4 is 92.8 Å². The third-order valence-electron chi connectivity index (χ3n) is 15.6. The van der Waals surface area contributed by atoms with Gasteiger partial charge in [-0.15, -0.1) is 0 Å². The molecule has 0 saturated carbocycles. The number of aromatic nitrogens is 2. The predicted octanol–water partition coefficient (Wildman–Crippen LogP) is 14.8. The molecule has 1 saturated heterocycles. The summed E-state index contributed by atoms with van der Waals surface area (Å²) in [4.78, 5) is 11.2. The highest BCUT2D eigenvalue weighted by Gasteiger charge is 2.75. The van der Waals surface area contributed by atoms with E-state index in [-0.39, 0.29) is 0 Å². The minimum absolute atomic E-state index is 0.849. The summed E-state index contributed by atoms with van der Waals surface area (Å²) in [5, 5.41) is 9.29. The van der Waals surface area contributed by atoms with Gasteiger partial charge < -0.3 is 17.3 Å². The van der Waals surface area contributed by atoms with Gasteiger partial charge in [0.1, 0.15) is 22.3 Å². The van der Waals surface area contributed by atoms with Gasteiger partial charge >= 0.3 is 16.8 Å². The Hall–Kier alpha value is -9.87. The molecule has 0 spiro atoms. The average molecular weight is 1030 g/mol. The number of rotatable bonds is 10. The molecule has 0 aliphatic carbocycles. The summed E-state index contributed by atoms with van der Waals surface area (Å²) in [6.07, 6.45) is 0. The second kappa shape index (κ2) is 18.5. The van der Waals surface area contributed by atoms with Crippen LogP contribution in [0.1, 0.15) is 0 Å². The Morgan fingerprint density at radius 3 is 0.872 bits per heavy atom. The summed E-state index contributed by atoms with van der Waals surface area (Å²) in [7, 11) is -7.06. The lowest BCUT2D eigenvalue weighted by atomic mass is 10.0. The first-order valence-electron chi connectivity index (χ1n) is 26.5. The molecule has 368 valence electrons. The molecule has 0 atom stereocenters. The first-order valence-corrected chi connectivity index (χ1v) is 30.2. The molecule has 14 aromatic rings. The smallest absolute Gasteiger partial charge is 0.318 e. The monoisotopic (exact) mass is 1030 g/mol. The minimum atomic E-state index is -3.53. The molecule has 78 heavy (non-hydrogen) atoms. The molecule has 0 N–H and O–H groups in total. The third kappa shape index (κ3) is 7.15. The number of benzene rings is 10. The molecule has 1 aliphatic heterocycles. The van der Waals surface area contributed by atoms with Crippen molar-refractivity contribution in [3.63, 3.8) is 0 Å². The number of furan rings is 2. The van der Waals surface area contributed by atoms with Gasteiger partial charge in [0.2, 0.25) is 0 Å². The van der Waals surface area contributed by atoms with E-state index in [1.807, 2.05) is 24.3 Å². The fourth-order valence-electron chi connectivity index (χ4n) is 12.3. The topological polar surface area (TPSA) is 58.5 Å². The van der Waals surface area contributed by atoms with Crippen LogP contribution in [-0.2, 0) is 0 Å². The number of fused-ring (bicyclic) bond motifs is 6. The molecule has 0 unspecified atom stereocenters. The van der Waals surface area contributed by atoms with Gasteiger partial charge in [0.15, 0.2) is 0 Å². The Kier molecular flexibility index (Phi) is 10.8. The molecule has 0 radical (unpaired) electrons. The highest BCUT2D eigenvalue weighted by Crippen LogP contribution is 2.49. The van der Waals surface area contributed by atoms with Crippen molar-refractivity contribution in [3.8, 4) is 45.0 Å². The fourth-order valence-corrected chi connectivity index (χ4v) is 27.4. The zero-order valence-electron chi connectivity index (χ0n) is 42.3. The molecule has 10 aromatic carbocycles. The van der Waals surface area contributed by atoms with Crippen LogP contribution >= 0.6 is 0 Å². The maximum atomic E-state index is 6.40. The number of nitrogens with zero attached hydrogens (tertiary/aromatic N) is 4. The summed E-state index contributed by atoms with van der Waals surface area (Å²) in [5.74, 6) is 0. The van der Waals surface area contributed by atoms with E-state index in [1.165, 1.54) is 20.7 Å². The van der Waals surface area contributed by atoms with Gasteiger partial charge in [-0.2, -0.15) is 0 Å². The molecule has 5 heterocycles. The van der Waals surface area contributed by atoms with Crippen LogP contribution in [0.5, 0.6) is 0 Å². The lowest BCUT2D eigenvalue weighted by molar-refractivity contribution is 0.668. The highest BCUT2D eigenvalue weighted by atomic mass is 28.5. The second-order valence-corrected chi connectivity index (χ2v) is 27.7. The lowest BCUT2D eigenvalue weighted by Crippen LogP contribution is -3.07. The van der Waals surface area contributed by atoms with Crippen LogP contribution in [0.15, 0.2) is 300 Å². The van der Waals surface area contributed by atoms with E-state index in [9.17, 15) is 0 Å². The zero-order valence-corrected chi connectivity index (χ0v) is 44.3. The molecule has 8 heteroatoms. The summed E-state index contributed by atoms with van der Waals surface area (Å²) in [6.45, 7) is 0. The van der Waals surface area contributed by atoms with Crippen LogP contribution in [0.2, 0.25) is 0 Å². The van der Waals surface area contributed by atoms with E-state index in [2.05, 4.69) is 275 Å². The summed E-state index contributed by atoms with van der Waals surface area (Å²) < 4.78 is 18.7. The molecule has 0 bridgehead atoms. The number of hydrogen-bond acceptors (Lipinski definition) is 6. The second-order valence-electron chi connectivity index (χ2n) is 20.0. The van der Waals surface area contributed by atoms with Gasteiger partial charge in [-0.05, 0) is 93.5 Å². The SMILES string of the molecule is c1ccc(-c2cc(N3[Si](c4ccccc4)(c4ccccc4)N(c4cc(-c5ccccc5)nc(-c5ccc6oc7ccccc7c6c5)c4)[Si]3(c3ccccc3)c3ccccc3)cc(-c3ccc4oc5ccccc5c4c3)n2)cc1. The van der Waals surface area contributed by atoms with E-state index >= 15 is 0 Å². The van der Waals surface area contributed by atoms with E-state index in [4.69, 9.17) is 18.8 Å². The first-order chi connectivity index (χ1) is 38.6. The Labute approximate surface area is 453 Å². The lowest BCUT2D eigenvalue weighted by Gasteiger charge is -2.73. The van der Waals surface area contributed by atoms with Crippen molar-refractivity contribution in [1.29, 1.82) is 0 Å². The number of hydrogen-bond donors (Lipinski definition) is 0. The summed E-state index contributed by atoms with van der Waals surface area (Å²) in [6, 6.07) is 106. The predicted molar refractivity (Wildman–Crippen MR) is 326 cm³/mol. The Morgan fingerprint density at radius 1 is 0.244 bits per heavy atom. The molecular weight excluding hydrogens is 985 g/mol. The fraction of sp³-hybridized carbons (Fsp3) is 0. The van der Waals surface area contributed by atoms with Crippen molar-refractivity contribution in [2.75, 3.05) is 8.46 Å². The van der Waals surface area contributed by atoms with Gasteiger partial charge in [0.25, 0.3) is 0 Å². The first kappa shape index (κ1) is 45.5. The number of para-hydroxylation sites is 2. The zero-order chi connectivity index (χ0) is 51.6. The van der Waals surface area contributed by atoms with E-state index in [1.54, 1.807) is 0 Å². The third-order valence-corrected chi connectivity index (χ3v) is 27.7. The van der Waals surface area contributed by atoms with Gasteiger partial charge in [0, 0.05) is 55.2 Å². The van der Waals surface area contributed by atoms with Crippen LogP contribution < -0.4 is 29.2 Å². The van der Waals surface area contributed by atoms with Crippen molar-refractivity contribution in [3.05, 3.63) is 291 Å². The minimum Gasteiger partial charge on any atom is -0.456 e. The molecule has 0 amide bonds. The molecule has 1 fully saturated rings. The molecule has 6 nitrogen and oxygen atoms in total. The summed E-state index contributed by atoms with van der Waals surface area (Å²) in [5.41, 5.74) is 13.3. The average Bonchev–Trinajstić information content (AvgIpc) is 1.32. The van der Waals surface area contributed by atoms with E-state index < -0.39 is 16.8 Å². The van der Waals surface area contributed by atoms with Crippen LogP contribution in [0, 0.1) is 0 Å². The van der Waals surface area contributed by atoms with Crippen LogP contribution in [-0.4, -0.2) is 26.8 Å². The highest BCUT2D eigenvalue weighted by molar-refractivity contribution is 7.38. The van der Waals surface area contributed by atoms with Crippen molar-refractivity contribution in [2.24, 2.45) is 0 Å². The van der Waals surface area contributed by atoms with Crippen LogP contribution in [0.25, 0.3) is 88.9 Å². The van der Waals surface area contributed by atoms with Crippen LogP contribution in [0.4, 0.5) is 11.4 Å². The van der Waals surface area contributed by atoms with Gasteiger partial charge in [-0.25, -0.2) is 9.97 Å². The molecule has 4 aromatic heterocycles. The Bertz CT molecular complexity index is 4130. The largest absolute Gasteiger partial charge is 0.456 e. The van der Waals surface area contributed by atoms with E-state index in [0.29, 0.717) is 0 Å². The maximum Gasteiger partial charge on any atom is 0.318 e. The molecular formula is C70H48N4O2Si2. The van der Waals surface area contributed by atoms with Crippen LogP contribution in [0.3, 0.4) is 0 Å². The van der Waals surface area contributed by atoms with E-state index in [0.717, 1.165) is 100 Å². The van der Waals surface area contributed by atoms with Gasteiger partial charge in [-0.3, -0.25) is 0 Å². The number of pyridine rings is 2. The van der Waals surface area contributed by atoms with Crippen molar-refractivity contribution in [1.82, 2.24) is 9.97 Å². The standard InChI is InChI=1S/C70H48N4O2Si2/c1-7-23-49(24-8-1)63-45-53(47-65(71-63)51-39-41-69-61(43-51)59-35-19-21-37-67(59)75-69)73-77(55-27-11-3-12-28-55,56-29-13-4-14-30-56)74(78(73,57-31-15-5-16-32-57)58-33-17-6-18-34-58)54-46-64(50-25-9-2-10-26-50)72-66(48-54)52-40-42-70-62(44-52)60-36-20-22-38-68(60)76-70/h1-48H. The summed E-state index contributed by atoms with van der Waals surface area (Å²) >= 11 is 0. The molecule has 1 aliphatic rings. The van der Waals surface area contributed by atoms with Gasteiger partial charge in [-0.1, -0.05) is 218 Å². The van der Waals surface area contributed by atoms with Gasteiger partial charge in [0.05, 0.1) is 22.8 Å². The normalized spacial score (nSPS) is 13.8. The molecule has 15 rings (SSSR count). The quantitative estimate of drug-likeness (QED) is 0.127.